The van der Waals surface area contributed by atoms with Crippen LogP contribution in [-0.4, -0.2) is 15.6 Å². The third kappa shape index (κ3) is 4.16. The summed E-state index contributed by atoms with van der Waals surface area (Å²) in [6.07, 6.45) is 5.72. The van der Waals surface area contributed by atoms with E-state index in [0.717, 1.165) is 13.1 Å². The van der Waals surface area contributed by atoms with Gasteiger partial charge in [-0.25, -0.2) is 4.98 Å². The van der Waals surface area contributed by atoms with Gasteiger partial charge in [0.2, 0.25) is 0 Å². The molecule has 19 heavy (non-hydrogen) atoms. The van der Waals surface area contributed by atoms with E-state index in [9.17, 15) is 0 Å². The van der Waals surface area contributed by atoms with Gasteiger partial charge < -0.3 is 9.88 Å². The van der Waals surface area contributed by atoms with Crippen molar-refractivity contribution in [1.82, 2.24) is 14.9 Å². The zero-order chi connectivity index (χ0) is 13.9. The number of nitrogens with zero attached hydrogens (tertiary/aromatic N) is 2. The molecule has 0 amide bonds. The zero-order valence-electron chi connectivity index (χ0n) is 11.6. The fraction of sp³-hybridized carbons (Fsp3) is 0.500. The van der Waals surface area contributed by atoms with E-state index in [4.69, 9.17) is 0 Å². The highest BCUT2D eigenvalue weighted by molar-refractivity contribution is 9.10. The van der Waals surface area contributed by atoms with Crippen LogP contribution in [0, 0.1) is 5.41 Å². The van der Waals surface area contributed by atoms with Gasteiger partial charge >= 0.3 is 0 Å². The van der Waals surface area contributed by atoms with Crippen molar-refractivity contribution < 1.29 is 0 Å². The number of rotatable bonds is 5. The highest BCUT2D eigenvalue weighted by Gasteiger charge is 2.24. The molecule has 1 unspecified atom stereocenters. The van der Waals surface area contributed by atoms with Crippen LogP contribution in [0.5, 0.6) is 0 Å². The van der Waals surface area contributed by atoms with Crippen LogP contribution in [0.25, 0.3) is 0 Å². The van der Waals surface area contributed by atoms with Crippen LogP contribution in [-0.2, 0) is 13.1 Å². The van der Waals surface area contributed by atoms with E-state index in [1.807, 2.05) is 18.7 Å². The summed E-state index contributed by atoms with van der Waals surface area (Å²) < 4.78 is 3.33. The van der Waals surface area contributed by atoms with Crippen molar-refractivity contribution in [2.75, 3.05) is 0 Å². The van der Waals surface area contributed by atoms with Crippen LogP contribution in [0.1, 0.15) is 25.6 Å². The maximum Gasteiger partial charge on any atom is 0.0946 e. The minimum absolute atomic E-state index is 0.202. The van der Waals surface area contributed by atoms with E-state index in [1.165, 1.54) is 9.35 Å². The molecular formula is C14H20BrN3S. The first kappa shape index (κ1) is 14.8. The third-order valence-electron chi connectivity index (χ3n) is 3.20. The lowest BCUT2D eigenvalue weighted by atomic mass is 9.86. The molecule has 1 N–H and O–H groups in total. The summed E-state index contributed by atoms with van der Waals surface area (Å²) in [5.41, 5.74) is 0.202. The van der Waals surface area contributed by atoms with E-state index in [2.05, 4.69) is 63.0 Å². The Labute approximate surface area is 127 Å². The highest BCUT2D eigenvalue weighted by atomic mass is 79.9. The van der Waals surface area contributed by atoms with Gasteiger partial charge in [-0.15, -0.1) is 11.3 Å². The second kappa shape index (κ2) is 6.20. The summed E-state index contributed by atoms with van der Waals surface area (Å²) in [4.78, 5) is 5.46. The van der Waals surface area contributed by atoms with Crippen LogP contribution in [0.4, 0.5) is 0 Å². The molecule has 0 spiro atoms. The predicted octanol–water partition coefficient (Wildman–Crippen LogP) is 3.91. The normalized spacial score (nSPS) is 13.7. The maximum absolute atomic E-state index is 4.11. The van der Waals surface area contributed by atoms with Crippen LogP contribution in [0.15, 0.2) is 34.6 Å². The van der Waals surface area contributed by atoms with Crippen molar-refractivity contribution in [3.05, 3.63) is 39.5 Å². The number of thiophene rings is 1. The number of hydrogen-bond donors (Lipinski definition) is 1. The first-order chi connectivity index (χ1) is 8.97. The van der Waals surface area contributed by atoms with E-state index < -0.39 is 0 Å². The molecule has 1 atom stereocenters. The van der Waals surface area contributed by atoms with Crippen molar-refractivity contribution in [1.29, 1.82) is 0 Å². The molecule has 2 rings (SSSR count). The van der Waals surface area contributed by atoms with Gasteiger partial charge in [0.25, 0.3) is 0 Å². The lowest BCUT2D eigenvalue weighted by Crippen LogP contribution is -2.42. The maximum atomic E-state index is 4.11. The van der Waals surface area contributed by atoms with Crippen LogP contribution in [0.3, 0.4) is 0 Å². The summed E-state index contributed by atoms with van der Waals surface area (Å²) in [5, 5.41) is 5.79. The minimum Gasteiger partial charge on any atom is -0.336 e. The van der Waals surface area contributed by atoms with Gasteiger partial charge in [0.05, 0.1) is 6.33 Å². The van der Waals surface area contributed by atoms with Gasteiger partial charge in [0.1, 0.15) is 0 Å². The minimum atomic E-state index is 0.202. The van der Waals surface area contributed by atoms with E-state index in [0.29, 0.717) is 6.04 Å². The lowest BCUT2D eigenvalue weighted by molar-refractivity contribution is 0.240. The molecule has 3 nitrogen and oxygen atoms in total. The Morgan fingerprint density at radius 2 is 2.26 bits per heavy atom. The largest absolute Gasteiger partial charge is 0.336 e. The van der Waals surface area contributed by atoms with Gasteiger partial charge in [-0.3, -0.25) is 0 Å². The van der Waals surface area contributed by atoms with E-state index in [-0.39, 0.29) is 5.41 Å². The standard InChI is InChI=1S/C14H20BrN3S/c1-14(2,3)13(9-18-6-5-16-10-18)17-8-12-11(15)4-7-19-12/h4-7,10,13,17H,8-9H2,1-3H3. The molecule has 5 heteroatoms. The number of hydrogen-bond acceptors (Lipinski definition) is 3. The monoisotopic (exact) mass is 341 g/mol. The van der Waals surface area contributed by atoms with Crippen LogP contribution >= 0.6 is 27.3 Å². The Balaban J connectivity index is 2.00. The molecule has 0 aliphatic heterocycles. The average molecular weight is 342 g/mol. The zero-order valence-corrected chi connectivity index (χ0v) is 14.0. The molecule has 0 radical (unpaired) electrons. The summed E-state index contributed by atoms with van der Waals surface area (Å²) >= 11 is 5.36. The van der Waals surface area contributed by atoms with Crippen LogP contribution < -0.4 is 5.32 Å². The van der Waals surface area contributed by atoms with Crippen molar-refractivity contribution in [2.45, 2.75) is 39.9 Å². The summed E-state index contributed by atoms with van der Waals surface area (Å²) in [7, 11) is 0. The first-order valence-corrected chi connectivity index (χ1v) is 8.05. The Kier molecular flexibility index (Phi) is 4.81. The Morgan fingerprint density at radius 3 is 2.79 bits per heavy atom. The summed E-state index contributed by atoms with van der Waals surface area (Å²) in [5.74, 6) is 0. The number of halogens is 1. The lowest BCUT2D eigenvalue weighted by Gasteiger charge is -2.32. The van der Waals surface area contributed by atoms with Gasteiger partial charge in [0, 0.05) is 40.9 Å². The second-order valence-electron chi connectivity index (χ2n) is 5.75. The quantitative estimate of drug-likeness (QED) is 0.893. The molecule has 0 saturated carbocycles. The van der Waals surface area contributed by atoms with Crippen molar-refractivity contribution in [2.24, 2.45) is 5.41 Å². The predicted molar refractivity (Wildman–Crippen MR) is 84.3 cm³/mol. The first-order valence-electron chi connectivity index (χ1n) is 6.38. The molecule has 0 aliphatic carbocycles. The fourth-order valence-electron chi connectivity index (χ4n) is 1.92. The third-order valence-corrected chi connectivity index (χ3v) is 5.12. The average Bonchev–Trinajstić information content (AvgIpc) is 2.94. The molecule has 2 aromatic heterocycles. The van der Waals surface area contributed by atoms with Gasteiger partial charge in [0.15, 0.2) is 0 Å². The number of imidazole rings is 1. The molecule has 2 heterocycles. The summed E-state index contributed by atoms with van der Waals surface area (Å²) in [6, 6.07) is 2.50. The number of aromatic nitrogens is 2. The highest BCUT2D eigenvalue weighted by Crippen LogP contribution is 2.25. The SMILES string of the molecule is CC(C)(C)C(Cn1ccnc1)NCc1sccc1Br. The Bertz CT molecular complexity index is 499. The fourth-order valence-corrected chi connectivity index (χ4v) is 3.36. The van der Waals surface area contributed by atoms with Crippen molar-refractivity contribution in [3.63, 3.8) is 0 Å². The second-order valence-corrected chi connectivity index (χ2v) is 7.61. The molecular weight excluding hydrogens is 322 g/mol. The van der Waals surface area contributed by atoms with Gasteiger partial charge in [-0.1, -0.05) is 20.8 Å². The topological polar surface area (TPSA) is 29.9 Å². The summed E-state index contributed by atoms with van der Waals surface area (Å²) in [6.45, 7) is 8.64. The Morgan fingerprint density at radius 1 is 1.47 bits per heavy atom. The van der Waals surface area contributed by atoms with Gasteiger partial charge in [-0.05, 0) is 32.8 Å². The van der Waals surface area contributed by atoms with Crippen molar-refractivity contribution in [3.8, 4) is 0 Å². The molecule has 0 aromatic carbocycles. The molecule has 0 fully saturated rings. The Hall–Kier alpha value is -0.650. The van der Waals surface area contributed by atoms with Crippen LogP contribution in [0.2, 0.25) is 0 Å². The van der Waals surface area contributed by atoms with E-state index in [1.54, 1.807) is 11.3 Å². The molecule has 2 aromatic rings. The number of nitrogens with one attached hydrogen (secondary N) is 1. The van der Waals surface area contributed by atoms with Gasteiger partial charge in [-0.2, -0.15) is 0 Å². The molecule has 104 valence electrons. The molecule has 0 saturated heterocycles. The smallest absolute Gasteiger partial charge is 0.0946 e. The van der Waals surface area contributed by atoms with Crippen molar-refractivity contribution >= 4 is 27.3 Å². The molecule has 0 bridgehead atoms. The molecule has 0 aliphatic rings. The van der Waals surface area contributed by atoms with E-state index >= 15 is 0 Å².